The molecule has 2 aromatic heterocycles. The zero-order valence-corrected chi connectivity index (χ0v) is 11.2. The molecule has 1 saturated heterocycles. The Kier molecular flexibility index (Phi) is 3.55. The standard InChI is InChI=1S/C10H12N8O4/c11-10-14-7-6(8(20)15-10)13-3-18(7)9-5(19)1-4(22-9)2-21-17-16-12/h3-5,9,19H,1-2H2,(H3,11,14,15,20)/t4-,5+,9+/m0/s1. The number of nitrogen functional groups attached to an aromatic ring is 1. The largest absolute Gasteiger partial charge is 0.431 e. The molecule has 2 aromatic rings. The van der Waals surface area contributed by atoms with Gasteiger partial charge < -0.3 is 20.4 Å². The highest BCUT2D eigenvalue weighted by molar-refractivity contribution is 5.70. The quantitative estimate of drug-likeness (QED) is 0.297. The van der Waals surface area contributed by atoms with Crippen LogP contribution in [0.5, 0.6) is 0 Å². The van der Waals surface area contributed by atoms with Gasteiger partial charge in [-0.3, -0.25) is 14.3 Å². The van der Waals surface area contributed by atoms with E-state index in [4.69, 9.17) is 16.0 Å². The first kappa shape index (κ1) is 14.1. The molecule has 0 aliphatic carbocycles. The number of ether oxygens (including phenoxy) is 1. The van der Waals surface area contributed by atoms with Crippen LogP contribution in [-0.2, 0) is 9.57 Å². The van der Waals surface area contributed by atoms with Crippen LogP contribution in [0, 0.1) is 0 Å². The van der Waals surface area contributed by atoms with Gasteiger partial charge in [0.05, 0.1) is 12.4 Å². The number of aromatic nitrogens is 4. The van der Waals surface area contributed by atoms with E-state index in [1.807, 2.05) is 0 Å². The molecule has 0 bridgehead atoms. The number of nitrogens with two attached hydrogens (primary N) is 1. The van der Waals surface area contributed by atoms with Gasteiger partial charge in [-0.2, -0.15) is 4.98 Å². The number of aliphatic hydroxyl groups is 1. The first-order chi connectivity index (χ1) is 10.6. The van der Waals surface area contributed by atoms with Crippen LogP contribution in [0.1, 0.15) is 12.6 Å². The van der Waals surface area contributed by atoms with E-state index < -0.39 is 24.0 Å². The lowest BCUT2D eigenvalue weighted by Crippen LogP contribution is -2.20. The molecule has 0 radical (unpaired) electrons. The summed E-state index contributed by atoms with van der Waals surface area (Å²) in [6.07, 6.45) is -0.513. The van der Waals surface area contributed by atoms with Crippen molar-refractivity contribution in [2.75, 3.05) is 12.3 Å². The Morgan fingerprint density at radius 2 is 2.55 bits per heavy atom. The Morgan fingerprint density at radius 3 is 3.32 bits per heavy atom. The first-order valence-electron chi connectivity index (χ1n) is 6.32. The summed E-state index contributed by atoms with van der Waals surface area (Å²) in [6.45, 7) is 0.000397. The summed E-state index contributed by atoms with van der Waals surface area (Å²) < 4.78 is 7.05. The molecule has 22 heavy (non-hydrogen) atoms. The average molecular weight is 308 g/mol. The molecule has 0 aromatic carbocycles. The molecule has 3 atom stereocenters. The van der Waals surface area contributed by atoms with Crippen molar-refractivity contribution >= 4 is 17.1 Å². The molecule has 0 saturated carbocycles. The van der Waals surface area contributed by atoms with Crippen molar-refractivity contribution in [1.82, 2.24) is 19.5 Å². The number of hydrogen-bond acceptors (Lipinski definition) is 8. The minimum Gasteiger partial charge on any atom is -0.431 e. The van der Waals surface area contributed by atoms with E-state index in [0.717, 1.165) is 0 Å². The number of imidazole rings is 1. The fourth-order valence-corrected chi connectivity index (χ4v) is 2.36. The molecule has 3 heterocycles. The van der Waals surface area contributed by atoms with Gasteiger partial charge in [0.1, 0.15) is 18.0 Å². The Hall–Kier alpha value is -2.82. The molecular formula is C10H12N8O4. The maximum absolute atomic E-state index is 11.7. The second kappa shape index (κ2) is 5.52. The third-order valence-corrected chi connectivity index (χ3v) is 3.24. The fourth-order valence-electron chi connectivity index (χ4n) is 2.36. The highest BCUT2D eigenvalue weighted by Gasteiger charge is 2.36. The van der Waals surface area contributed by atoms with Gasteiger partial charge in [0, 0.05) is 11.3 Å². The van der Waals surface area contributed by atoms with E-state index in [2.05, 4.69) is 30.0 Å². The molecule has 12 nitrogen and oxygen atoms in total. The predicted molar refractivity (Wildman–Crippen MR) is 72.2 cm³/mol. The zero-order valence-electron chi connectivity index (χ0n) is 11.2. The molecule has 0 unspecified atom stereocenters. The smallest absolute Gasteiger partial charge is 0.280 e. The number of anilines is 1. The Labute approximate surface area is 122 Å². The lowest BCUT2D eigenvalue weighted by atomic mass is 10.2. The Balaban J connectivity index is 1.88. The van der Waals surface area contributed by atoms with Crippen LogP contribution in [0.15, 0.2) is 16.4 Å². The van der Waals surface area contributed by atoms with Crippen LogP contribution in [0.3, 0.4) is 0 Å². The second-order valence-electron chi connectivity index (χ2n) is 4.69. The minimum absolute atomic E-state index is 0.000397. The summed E-state index contributed by atoms with van der Waals surface area (Å²) in [5.74, 6) is -0.0602. The van der Waals surface area contributed by atoms with Crippen molar-refractivity contribution in [2.45, 2.75) is 24.9 Å². The van der Waals surface area contributed by atoms with Crippen molar-refractivity contribution < 1.29 is 14.7 Å². The van der Waals surface area contributed by atoms with E-state index >= 15 is 0 Å². The van der Waals surface area contributed by atoms with Crippen LogP contribution in [0.25, 0.3) is 21.6 Å². The van der Waals surface area contributed by atoms with Gasteiger partial charge in [-0.15, -0.1) is 0 Å². The highest BCUT2D eigenvalue weighted by atomic mass is 16.7. The molecule has 1 fully saturated rings. The lowest BCUT2D eigenvalue weighted by Gasteiger charge is -2.16. The van der Waals surface area contributed by atoms with Crippen molar-refractivity contribution in [3.63, 3.8) is 0 Å². The molecule has 4 N–H and O–H groups in total. The van der Waals surface area contributed by atoms with Crippen LogP contribution in [-0.4, -0.2) is 43.4 Å². The van der Waals surface area contributed by atoms with Crippen LogP contribution in [0.2, 0.25) is 0 Å². The van der Waals surface area contributed by atoms with Crippen LogP contribution in [0.4, 0.5) is 5.95 Å². The predicted octanol–water partition coefficient (Wildman–Crippen LogP) is -0.408. The Bertz CT molecular complexity index is 794. The molecule has 0 amide bonds. The van der Waals surface area contributed by atoms with Crippen molar-refractivity contribution in [2.24, 2.45) is 5.28 Å². The van der Waals surface area contributed by atoms with Crippen LogP contribution >= 0.6 is 0 Å². The molecular weight excluding hydrogens is 296 g/mol. The molecule has 1 aliphatic heterocycles. The number of H-pyrrole nitrogens is 1. The number of nitrogens with zero attached hydrogens (tertiary/aromatic N) is 6. The maximum atomic E-state index is 11.7. The van der Waals surface area contributed by atoms with E-state index in [9.17, 15) is 9.90 Å². The monoisotopic (exact) mass is 308 g/mol. The molecule has 0 spiro atoms. The van der Waals surface area contributed by atoms with Crippen molar-refractivity contribution in [3.05, 3.63) is 27.1 Å². The number of hydrogen-bond donors (Lipinski definition) is 3. The van der Waals surface area contributed by atoms with Crippen molar-refractivity contribution in [3.8, 4) is 0 Å². The van der Waals surface area contributed by atoms with Gasteiger partial charge in [0.25, 0.3) is 5.56 Å². The summed E-state index contributed by atoms with van der Waals surface area (Å²) in [7, 11) is 0. The van der Waals surface area contributed by atoms with Gasteiger partial charge in [-0.05, 0) is 5.53 Å². The third kappa shape index (κ3) is 2.41. The van der Waals surface area contributed by atoms with Gasteiger partial charge in [0.2, 0.25) is 5.95 Å². The summed E-state index contributed by atoms with van der Waals surface area (Å²) in [4.78, 5) is 29.1. The molecule has 116 valence electrons. The van der Waals surface area contributed by atoms with Gasteiger partial charge >= 0.3 is 0 Å². The maximum Gasteiger partial charge on any atom is 0.280 e. The zero-order chi connectivity index (χ0) is 15.7. The van der Waals surface area contributed by atoms with Crippen LogP contribution < -0.4 is 11.3 Å². The SMILES string of the molecule is [N-]=[N+]=NOC[C@@H]1C[C@@H](O)[C@H](n2cnc3c(=O)[nH]c(N)nc32)O1. The van der Waals surface area contributed by atoms with Gasteiger partial charge in [-0.1, -0.05) is 0 Å². The molecule has 1 aliphatic rings. The lowest BCUT2D eigenvalue weighted by molar-refractivity contribution is -0.0602. The number of nitrogens with one attached hydrogen (secondary N) is 1. The van der Waals surface area contributed by atoms with Crippen molar-refractivity contribution in [1.29, 1.82) is 0 Å². The topological polar surface area (TPSA) is 177 Å². The van der Waals surface area contributed by atoms with Gasteiger partial charge in [-0.25, -0.2) is 4.98 Å². The first-order valence-corrected chi connectivity index (χ1v) is 6.32. The normalized spacial score (nSPS) is 24.3. The average Bonchev–Trinajstić information content (AvgIpc) is 3.03. The van der Waals surface area contributed by atoms with E-state index in [0.29, 0.717) is 0 Å². The number of fused-ring (bicyclic) bond motifs is 1. The third-order valence-electron chi connectivity index (χ3n) is 3.24. The molecule has 3 rings (SSSR count). The van der Waals surface area contributed by atoms with E-state index in [-0.39, 0.29) is 30.1 Å². The summed E-state index contributed by atoms with van der Waals surface area (Å²) in [6, 6.07) is 0. The summed E-state index contributed by atoms with van der Waals surface area (Å²) in [5, 5.41) is 13.1. The number of aromatic amines is 1. The number of rotatable bonds is 4. The summed E-state index contributed by atoms with van der Waals surface area (Å²) in [5.41, 5.74) is 13.5. The minimum atomic E-state index is -0.862. The van der Waals surface area contributed by atoms with E-state index in [1.165, 1.54) is 10.9 Å². The van der Waals surface area contributed by atoms with E-state index in [1.54, 1.807) is 0 Å². The number of azide groups is 1. The van der Waals surface area contributed by atoms with Gasteiger partial charge in [0.15, 0.2) is 17.4 Å². The Morgan fingerprint density at radius 1 is 1.73 bits per heavy atom. The molecule has 12 heteroatoms. The number of aliphatic hydroxyl groups excluding tert-OH is 1. The fraction of sp³-hybridized carbons (Fsp3) is 0.500. The second-order valence-corrected chi connectivity index (χ2v) is 4.69. The highest BCUT2D eigenvalue weighted by Crippen LogP contribution is 2.30. The summed E-state index contributed by atoms with van der Waals surface area (Å²) >= 11 is 0.